The summed E-state index contributed by atoms with van der Waals surface area (Å²) in [6, 6.07) is 0. The molecule has 3 unspecified atom stereocenters. The lowest BCUT2D eigenvalue weighted by Crippen LogP contribution is -2.30. The summed E-state index contributed by atoms with van der Waals surface area (Å²) in [4.78, 5) is 72.5. The fourth-order valence-corrected chi connectivity index (χ4v) is 13.0. The van der Waals surface area contributed by atoms with Crippen molar-refractivity contribution in [2.45, 2.75) is 401 Å². The molecule has 0 aliphatic rings. The standard InChI is InChI=1S/C75H146O17P2/c1-8-10-11-39-49-56-72(77)85-62-70(91-74(79)58-52-45-38-32-26-20-19-22-28-34-41-47-54-67(5)6)64-89-93(81,82)87-60-69(76)61-88-94(83,84)90-65-71(63-86-73(78)57-50-43-36-30-24-18-14-15-21-27-33-40-46-53-66(3)4)92-75(80)59-51-44-37-31-25-17-13-12-16-23-29-35-42-48-55-68(7)9-2/h66-71,76H,8-65H2,1-7H3,(H,81,82)(H,83,84)/t68?,69-,70+,71+/m0/s1. The van der Waals surface area contributed by atoms with Crippen LogP contribution < -0.4 is 0 Å². The second-order valence-corrected chi connectivity index (χ2v) is 31.1. The van der Waals surface area contributed by atoms with Crippen molar-refractivity contribution in [1.29, 1.82) is 0 Å². The molecule has 0 radical (unpaired) electrons. The van der Waals surface area contributed by atoms with Gasteiger partial charge >= 0.3 is 39.5 Å². The molecule has 3 N–H and O–H groups in total. The van der Waals surface area contributed by atoms with Gasteiger partial charge < -0.3 is 33.8 Å². The van der Waals surface area contributed by atoms with E-state index in [1.165, 1.54) is 186 Å². The van der Waals surface area contributed by atoms with Crippen LogP contribution in [0, 0.1) is 17.8 Å². The maximum absolute atomic E-state index is 13.1. The van der Waals surface area contributed by atoms with E-state index in [4.69, 9.17) is 37.0 Å². The fraction of sp³-hybridized carbons (Fsp3) is 0.947. The lowest BCUT2D eigenvalue weighted by Gasteiger charge is -2.21. The monoisotopic (exact) mass is 1380 g/mol. The van der Waals surface area contributed by atoms with Crippen molar-refractivity contribution >= 4 is 39.5 Å². The highest BCUT2D eigenvalue weighted by Gasteiger charge is 2.30. The average Bonchev–Trinajstić information content (AvgIpc) is 1.14. The maximum atomic E-state index is 13.1. The molecule has 0 aromatic heterocycles. The summed E-state index contributed by atoms with van der Waals surface area (Å²) in [5.41, 5.74) is 0. The first kappa shape index (κ1) is 92.1. The molecule has 0 aliphatic carbocycles. The highest BCUT2D eigenvalue weighted by Crippen LogP contribution is 2.45. The average molecular weight is 1380 g/mol. The minimum atomic E-state index is -4.96. The third-order valence-corrected chi connectivity index (χ3v) is 19.6. The molecule has 0 aromatic carbocycles. The lowest BCUT2D eigenvalue weighted by atomic mass is 9.99. The highest BCUT2D eigenvalue weighted by molar-refractivity contribution is 7.47. The molecule has 19 heteroatoms. The summed E-state index contributed by atoms with van der Waals surface area (Å²) in [5, 5.41) is 10.6. The van der Waals surface area contributed by atoms with Crippen LogP contribution in [0.15, 0.2) is 0 Å². The molecule has 0 bridgehead atoms. The highest BCUT2D eigenvalue weighted by atomic mass is 31.2. The van der Waals surface area contributed by atoms with Crippen LogP contribution in [-0.4, -0.2) is 96.7 Å². The Labute approximate surface area is 575 Å². The Morgan fingerprint density at radius 3 is 0.809 bits per heavy atom. The van der Waals surface area contributed by atoms with E-state index in [2.05, 4.69) is 48.5 Å². The topological polar surface area (TPSA) is 237 Å². The molecule has 0 rings (SSSR count). The molecular formula is C75H146O17P2. The van der Waals surface area contributed by atoms with Crippen LogP contribution in [-0.2, 0) is 65.4 Å². The molecule has 0 heterocycles. The van der Waals surface area contributed by atoms with Gasteiger partial charge in [-0.1, -0.05) is 331 Å². The van der Waals surface area contributed by atoms with E-state index >= 15 is 0 Å². The molecule has 0 spiro atoms. The molecule has 558 valence electrons. The normalized spacial score (nSPS) is 14.4. The Balaban J connectivity index is 5.15. The first-order valence-electron chi connectivity index (χ1n) is 38.9. The van der Waals surface area contributed by atoms with Crippen molar-refractivity contribution in [3.8, 4) is 0 Å². The number of rotatable bonds is 73. The number of phosphoric ester groups is 2. The largest absolute Gasteiger partial charge is 0.472 e. The van der Waals surface area contributed by atoms with E-state index in [0.717, 1.165) is 114 Å². The zero-order chi connectivity index (χ0) is 69.4. The van der Waals surface area contributed by atoms with Crippen LogP contribution in [0.2, 0.25) is 0 Å². The van der Waals surface area contributed by atoms with Crippen molar-refractivity contribution < 1.29 is 80.2 Å². The lowest BCUT2D eigenvalue weighted by molar-refractivity contribution is -0.161. The third-order valence-electron chi connectivity index (χ3n) is 17.7. The third kappa shape index (κ3) is 67.3. The first-order valence-corrected chi connectivity index (χ1v) is 41.9. The minimum Gasteiger partial charge on any atom is -0.462 e. The predicted molar refractivity (Wildman–Crippen MR) is 381 cm³/mol. The van der Waals surface area contributed by atoms with Gasteiger partial charge in [-0.15, -0.1) is 0 Å². The Hall–Kier alpha value is -1.94. The van der Waals surface area contributed by atoms with Gasteiger partial charge in [0.1, 0.15) is 19.3 Å². The number of aliphatic hydroxyl groups is 1. The van der Waals surface area contributed by atoms with Crippen LogP contribution in [0.4, 0.5) is 0 Å². The van der Waals surface area contributed by atoms with Gasteiger partial charge in [0.15, 0.2) is 12.2 Å². The molecule has 6 atom stereocenters. The van der Waals surface area contributed by atoms with Crippen molar-refractivity contribution in [3.63, 3.8) is 0 Å². The van der Waals surface area contributed by atoms with Crippen LogP contribution in [0.1, 0.15) is 382 Å². The first-order chi connectivity index (χ1) is 45.3. The molecule has 0 saturated carbocycles. The number of unbranched alkanes of at least 4 members (excludes halogenated alkanes) is 40. The van der Waals surface area contributed by atoms with Crippen molar-refractivity contribution in [2.24, 2.45) is 17.8 Å². The van der Waals surface area contributed by atoms with Crippen molar-refractivity contribution in [3.05, 3.63) is 0 Å². The molecule has 0 saturated heterocycles. The number of hydrogen-bond donors (Lipinski definition) is 3. The van der Waals surface area contributed by atoms with Gasteiger partial charge in [0, 0.05) is 25.7 Å². The van der Waals surface area contributed by atoms with E-state index < -0.39 is 97.5 Å². The SMILES string of the molecule is CCCCCCCC(=O)OC[C@H](COP(=O)(O)OC[C@H](O)COP(=O)(O)OC[C@@H](COC(=O)CCCCCCCCCCCCCCCC(C)C)OC(=O)CCCCCCCCCCCCCCCCC(C)CC)OC(=O)CCCCCCCCCCCCCCC(C)C. The molecule has 0 fully saturated rings. The summed E-state index contributed by atoms with van der Waals surface area (Å²) < 4.78 is 68.3. The zero-order valence-corrected chi connectivity index (χ0v) is 63.2. The maximum Gasteiger partial charge on any atom is 0.472 e. The van der Waals surface area contributed by atoms with Crippen LogP contribution in [0.5, 0.6) is 0 Å². The Kier molecular flexibility index (Phi) is 64.3. The number of phosphoric acid groups is 2. The van der Waals surface area contributed by atoms with Crippen LogP contribution in [0.25, 0.3) is 0 Å². The quantitative estimate of drug-likeness (QED) is 0.0222. The second kappa shape index (κ2) is 65.7. The van der Waals surface area contributed by atoms with E-state index in [0.29, 0.717) is 25.7 Å². The molecule has 17 nitrogen and oxygen atoms in total. The summed E-state index contributed by atoms with van der Waals surface area (Å²) in [5.74, 6) is 0.285. The van der Waals surface area contributed by atoms with E-state index in [1.807, 2.05) is 0 Å². The molecule has 0 aliphatic heterocycles. The fourth-order valence-electron chi connectivity index (χ4n) is 11.4. The van der Waals surface area contributed by atoms with Gasteiger partial charge in [-0.2, -0.15) is 0 Å². The number of esters is 4. The van der Waals surface area contributed by atoms with Crippen LogP contribution >= 0.6 is 15.6 Å². The summed E-state index contributed by atoms with van der Waals surface area (Å²) in [7, 11) is -9.90. The predicted octanol–water partition coefficient (Wildman–Crippen LogP) is 21.8. The van der Waals surface area contributed by atoms with E-state index in [1.54, 1.807) is 0 Å². The number of hydrogen-bond acceptors (Lipinski definition) is 15. The number of carbonyl (C=O) groups is 4. The zero-order valence-electron chi connectivity index (χ0n) is 61.4. The number of carbonyl (C=O) groups excluding carboxylic acids is 4. The smallest absolute Gasteiger partial charge is 0.462 e. The van der Waals surface area contributed by atoms with Crippen LogP contribution in [0.3, 0.4) is 0 Å². The summed E-state index contributed by atoms with van der Waals surface area (Å²) in [6.45, 7) is 11.9. The van der Waals surface area contributed by atoms with E-state index in [9.17, 15) is 43.2 Å². The molecule has 0 amide bonds. The minimum absolute atomic E-state index is 0.106. The van der Waals surface area contributed by atoms with Gasteiger partial charge in [0.25, 0.3) is 0 Å². The van der Waals surface area contributed by atoms with Crippen molar-refractivity contribution in [1.82, 2.24) is 0 Å². The van der Waals surface area contributed by atoms with Gasteiger partial charge in [-0.3, -0.25) is 37.3 Å². The second-order valence-electron chi connectivity index (χ2n) is 28.2. The Bertz CT molecular complexity index is 1840. The molecule has 94 heavy (non-hydrogen) atoms. The van der Waals surface area contributed by atoms with Gasteiger partial charge in [0.2, 0.25) is 0 Å². The Morgan fingerprint density at radius 2 is 0.543 bits per heavy atom. The van der Waals surface area contributed by atoms with E-state index in [-0.39, 0.29) is 25.7 Å². The number of ether oxygens (including phenoxy) is 4. The Morgan fingerprint density at radius 1 is 0.309 bits per heavy atom. The summed E-state index contributed by atoms with van der Waals surface area (Å²) in [6.07, 6.45) is 51.6. The number of aliphatic hydroxyl groups excluding tert-OH is 1. The molecular weight excluding hydrogens is 1230 g/mol. The summed E-state index contributed by atoms with van der Waals surface area (Å²) >= 11 is 0. The van der Waals surface area contributed by atoms with Gasteiger partial charge in [-0.25, -0.2) is 9.13 Å². The van der Waals surface area contributed by atoms with Crippen molar-refractivity contribution in [2.75, 3.05) is 39.6 Å². The van der Waals surface area contributed by atoms with Gasteiger partial charge in [-0.05, 0) is 43.4 Å². The van der Waals surface area contributed by atoms with Gasteiger partial charge in [0.05, 0.1) is 26.4 Å². The molecule has 0 aromatic rings.